The number of para-hydroxylation sites is 1. The Morgan fingerprint density at radius 3 is 2.53 bits per heavy atom. The molecule has 5 rings (SSSR count). The van der Waals surface area contributed by atoms with Crippen molar-refractivity contribution in [3.8, 4) is 5.75 Å². The summed E-state index contributed by atoms with van der Waals surface area (Å²) in [7, 11) is 0. The number of esters is 1. The van der Waals surface area contributed by atoms with Crippen LogP contribution in [0, 0.1) is 0 Å². The van der Waals surface area contributed by atoms with Gasteiger partial charge in [0, 0.05) is 38.0 Å². The second-order valence-electron chi connectivity index (χ2n) is 12.9. The van der Waals surface area contributed by atoms with Crippen molar-refractivity contribution < 1.29 is 19.0 Å². The lowest BCUT2D eigenvalue weighted by atomic mass is 10.1. The number of nitrogen functional groups attached to an aromatic ring is 1. The van der Waals surface area contributed by atoms with Gasteiger partial charge in [-0.05, 0) is 70.5 Å². The Bertz CT molecular complexity index is 1660. The van der Waals surface area contributed by atoms with Crippen LogP contribution in [0.5, 0.6) is 5.75 Å². The summed E-state index contributed by atoms with van der Waals surface area (Å²) < 4.78 is 20.0. The number of aromatic nitrogens is 3. The summed E-state index contributed by atoms with van der Waals surface area (Å²) in [5.41, 5.74) is 8.86. The highest BCUT2D eigenvalue weighted by atomic mass is 16.6. The van der Waals surface area contributed by atoms with Crippen LogP contribution in [0.1, 0.15) is 72.2 Å². The normalized spacial score (nSPS) is 16.4. The molecule has 2 N–H and O–H groups in total. The molecule has 0 saturated carbocycles. The first-order valence-electron chi connectivity index (χ1n) is 17.2. The third-order valence-corrected chi connectivity index (χ3v) is 9.08. The Hall–Kier alpha value is -3.73. The number of epoxide rings is 1. The van der Waals surface area contributed by atoms with Crippen LogP contribution in [-0.2, 0) is 33.8 Å². The number of imidazole rings is 1. The molecule has 1 aliphatic rings. The van der Waals surface area contributed by atoms with Crippen LogP contribution in [0.4, 0.5) is 5.82 Å². The Balaban J connectivity index is 1.41. The van der Waals surface area contributed by atoms with E-state index in [1.165, 1.54) is 0 Å². The predicted molar refractivity (Wildman–Crippen MR) is 187 cm³/mol. The van der Waals surface area contributed by atoms with Crippen molar-refractivity contribution in [2.24, 2.45) is 0 Å². The molecule has 254 valence electrons. The van der Waals surface area contributed by atoms with Crippen LogP contribution in [0.2, 0.25) is 0 Å². The van der Waals surface area contributed by atoms with E-state index in [0.29, 0.717) is 31.3 Å². The summed E-state index contributed by atoms with van der Waals surface area (Å²) in [5.74, 6) is 1.80. The number of aryl methyl sites for hydroxylation is 2. The largest absolute Gasteiger partial charge is 0.476 e. The van der Waals surface area contributed by atoms with E-state index in [0.717, 1.165) is 91.7 Å². The zero-order valence-electron chi connectivity index (χ0n) is 29.1. The fourth-order valence-electron chi connectivity index (χ4n) is 6.34. The maximum Gasteiger partial charge on any atom is 0.349 e. The zero-order chi connectivity index (χ0) is 33.6. The third-order valence-electron chi connectivity index (χ3n) is 9.08. The molecular weight excluding hydrogens is 592 g/mol. The maximum atomic E-state index is 12.5. The minimum Gasteiger partial charge on any atom is -0.476 e. The van der Waals surface area contributed by atoms with Gasteiger partial charge in [-0.15, -0.1) is 0 Å². The van der Waals surface area contributed by atoms with Crippen LogP contribution >= 0.6 is 0 Å². The van der Waals surface area contributed by atoms with Gasteiger partial charge in [-0.1, -0.05) is 57.5 Å². The van der Waals surface area contributed by atoms with E-state index < -0.39 is 5.60 Å². The number of nitrogens with zero attached hydrogens (tertiary/aromatic N) is 5. The number of anilines is 1. The van der Waals surface area contributed by atoms with E-state index in [2.05, 4.69) is 58.3 Å². The van der Waals surface area contributed by atoms with Crippen LogP contribution in [0.3, 0.4) is 0 Å². The standard InChI is InChI=1S/C37H52N6O4/c1-7-11-20-31-40-32-33(29-18-12-13-19-30(29)39-34(32)38)43(31)22-15-21-42(37(26-46-37)25-41(8-2)9-3)24-27-16-14-17-28(23-27)47-36(5,6)35(44)45-10-4/h12-14,16-19,23H,7-11,15,20-22,24-26H2,1-6H3,(H2,38,39). The van der Waals surface area contributed by atoms with E-state index in [-0.39, 0.29) is 11.7 Å². The second-order valence-corrected chi connectivity index (χ2v) is 12.9. The highest BCUT2D eigenvalue weighted by molar-refractivity contribution is 6.06. The lowest BCUT2D eigenvalue weighted by molar-refractivity contribution is -0.158. The van der Waals surface area contributed by atoms with Crippen LogP contribution in [0.15, 0.2) is 48.5 Å². The average Bonchev–Trinajstić information content (AvgIpc) is 3.75. The average molecular weight is 645 g/mol. The number of carbonyl (C=O) groups is 1. The summed E-state index contributed by atoms with van der Waals surface area (Å²) in [6.45, 7) is 18.0. The number of rotatable bonds is 18. The Morgan fingerprint density at radius 2 is 1.83 bits per heavy atom. The van der Waals surface area contributed by atoms with E-state index in [4.69, 9.17) is 24.9 Å². The van der Waals surface area contributed by atoms with E-state index in [1.807, 2.05) is 30.3 Å². The van der Waals surface area contributed by atoms with Gasteiger partial charge in [-0.3, -0.25) is 9.80 Å². The second kappa shape index (κ2) is 15.0. The van der Waals surface area contributed by atoms with Crippen molar-refractivity contribution >= 4 is 33.7 Å². The number of fused-ring (bicyclic) bond motifs is 3. The molecule has 1 saturated heterocycles. The number of carbonyl (C=O) groups excluding carboxylic acids is 1. The zero-order valence-corrected chi connectivity index (χ0v) is 29.1. The van der Waals surface area contributed by atoms with Crippen LogP contribution in [0.25, 0.3) is 21.9 Å². The van der Waals surface area contributed by atoms with Crippen molar-refractivity contribution in [3.63, 3.8) is 0 Å². The van der Waals surface area contributed by atoms with Gasteiger partial charge < -0.3 is 24.5 Å². The van der Waals surface area contributed by atoms with Crippen LogP contribution < -0.4 is 10.5 Å². The van der Waals surface area contributed by atoms with Crippen molar-refractivity contribution in [1.29, 1.82) is 0 Å². The molecule has 10 heteroatoms. The molecule has 2 aromatic heterocycles. The number of nitrogens with two attached hydrogens (primary N) is 1. The first-order valence-corrected chi connectivity index (χ1v) is 17.2. The van der Waals surface area contributed by atoms with Gasteiger partial charge in [0.15, 0.2) is 17.1 Å². The molecule has 0 aliphatic carbocycles. The highest BCUT2D eigenvalue weighted by Gasteiger charge is 2.50. The monoisotopic (exact) mass is 644 g/mol. The van der Waals surface area contributed by atoms with Gasteiger partial charge in [0.25, 0.3) is 0 Å². The van der Waals surface area contributed by atoms with Crippen molar-refractivity contribution in [2.75, 3.05) is 45.1 Å². The van der Waals surface area contributed by atoms with Gasteiger partial charge in [0.05, 0.1) is 24.2 Å². The van der Waals surface area contributed by atoms with Crippen molar-refractivity contribution in [3.05, 3.63) is 59.9 Å². The summed E-state index contributed by atoms with van der Waals surface area (Å²) in [4.78, 5) is 27.1. The molecule has 2 aromatic carbocycles. The van der Waals surface area contributed by atoms with Gasteiger partial charge in [0.2, 0.25) is 0 Å². The number of hydrogen-bond acceptors (Lipinski definition) is 9. The number of likely N-dealkylation sites (N-methyl/N-ethyl adjacent to an activating group) is 1. The first kappa shape index (κ1) is 34.6. The number of benzene rings is 2. The molecule has 47 heavy (non-hydrogen) atoms. The number of ether oxygens (including phenoxy) is 3. The van der Waals surface area contributed by atoms with Crippen LogP contribution in [-0.4, -0.2) is 81.0 Å². The minimum atomic E-state index is -1.09. The van der Waals surface area contributed by atoms with Crippen molar-refractivity contribution in [1.82, 2.24) is 24.3 Å². The van der Waals surface area contributed by atoms with Crippen molar-refractivity contribution in [2.45, 2.75) is 91.6 Å². The lowest BCUT2D eigenvalue weighted by Crippen LogP contribution is -2.47. The maximum absolute atomic E-state index is 12.5. The van der Waals surface area contributed by atoms with Gasteiger partial charge in [0.1, 0.15) is 17.1 Å². The number of hydrogen-bond donors (Lipinski definition) is 1. The molecule has 0 spiro atoms. The third kappa shape index (κ3) is 7.88. The Labute approximate surface area is 279 Å². The van der Waals surface area contributed by atoms with E-state index in [1.54, 1.807) is 20.8 Å². The quantitative estimate of drug-likeness (QED) is 0.100. The summed E-state index contributed by atoms with van der Waals surface area (Å²) in [5, 5.41) is 1.08. The van der Waals surface area contributed by atoms with Gasteiger partial charge in [-0.25, -0.2) is 14.8 Å². The molecule has 4 aromatic rings. The number of pyridine rings is 1. The molecule has 0 bridgehead atoms. The molecular formula is C37H52N6O4. The molecule has 0 amide bonds. The lowest BCUT2D eigenvalue weighted by Gasteiger charge is -2.33. The smallest absolute Gasteiger partial charge is 0.349 e. The molecule has 1 atom stereocenters. The molecule has 10 nitrogen and oxygen atoms in total. The highest BCUT2D eigenvalue weighted by Crippen LogP contribution is 2.35. The predicted octanol–water partition coefficient (Wildman–Crippen LogP) is 6.19. The molecule has 3 heterocycles. The van der Waals surface area contributed by atoms with Gasteiger partial charge >= 0.3 is 5.97 Å². The topological polar surface area (TPSA) is 111 Å². The minimum absolute atomic E-state index is 0.310. The fourth-order valence-corrected chi connectivity index (χ4v) is 6.34. The Morgan fingerprint density at radius 1 is 1.06 bits per heavy atom. The summed E-state index contributed by atoms with van der Waals surface area (Å²) in [6, 6.07) is 16.2. The molecule has 1 unspecified atom stereocenters. The van der Waals surface area contributed by atoms with E-state index >= 15 is 0 Å². The SMILES string of the molecule is CCCCc1nc2c(N)nc3ccccc3c2n1CCCN(Cc1cccc(OC(C)(C)C(=O)OCC)c1)C1(CN(CC)CC)CO1. The fraction of sp³-hybridized carbons (Fsp3) is 0.541. The van der Waals surface area contributed by atoms with Gasteiger partial charge in [-0.2, -0.15) is 0 Å². The summed E-state index contributed by atoms with van der Waals surface area (Å²) in [6.07, 6.45) is 3.95. The molecule has 1 fully saturated rings. The molecule has 1 aliphatic heterocycles. The first-order chi connectivity index (χ1) is 22.6. The summed E-state index contributed by atoms with van der Waals surface area (Å²) >= 11 is 0. The number of unbranched alkanes of at least 4 members (excludes halogenated alkanes) is 1. The molecule has 0 radical (unpaired) electrons. The van der Waals surface area contributed by atoms with E-state index in [9.17, 15) is 4.79 Å². The Kier molecular flexibility index (Phi) is 11.0.